The van der Waals surface area contributed by atoms with Gasteiger partial charge in [-0.25, -0.2) is 0 Å². The molecule has 0 saturated heterocycles. The van der Waals surface area contributed by atoms with E-state index < -0.39 is 37.7 Å². The Kier molecular flexibility index (Phi) is 5.25. The smallest absolute Gasteiger partial charge is 0.306 e. The highest BCUT2D eigenvalue weighted by Gasteiger charge is 2.32. The van der Waals surface area contributed by atoms with Crippen LogP contribution in [0.1, 0.15) is 13.3 Å². The highest BCUT2D eigenvalue weighted by Crippen LogP contribution is 2.28. The van der Waals surface area contributed by atoms with Crippen molar-refractivity contribution in [1.82, 2.24) is 0 Å². The molecule has 2 N–H and O–H groups in total. The topological polar surface area (TPSA) is 130 Å². The van der Waals surface area contributed by atoms with Crippen LogP contribution >= 0.6 is 20.5 Å². The van der Waals surface area contributed by atoms with E-state index in [4.69, 9.17) is 5.11 Å². The monoisotopic (exact) mass is 258 g/mol. The molecule has 0 aliphatic rings. The van der Waals surface area contributed by atoms with Gasteiger partial charge in [-0.2, -0.15) is 12.6 Å². The molecule has 7 nitrogen and oxygen atoms in total. The lowest BCUT2D eigenvalue weighted by Crippen LogP contribution is -2.41. The average molecular weight is 258 g/mol. The summed E-state index contributed by atoms with van der Waals surface area (Å²) in [6.45, 7) is 0.482. The molecule has 0 aromatic carbocycles. The van der Waals surface area contributed by atoms with E-state index in [1.54, 1.807) is 0 Å². The van der Waals surface area contributed by atoms with E-state index in [0.717, 1.165) is 6.92 Å². The van der Waals surface area contributed by atoms with Gasteiger partial charge in [0.25, 0.3) is 0 Å². The molecule has 9 heteroatoms. The Morgan fingerprint density at radius 2 is 2.13 bits per heavy atom. The summed E-state index contributed by atoms with van der Waals surface area (Å²) in [4.78, 5) is 30.5. The third-order valence-corrected chi connectivity index (χ3v) is 2.79. The quantitative estimate of drug-likeness (QED) is 0.384. The van der Waals surface area contributed by atoms with Gasteiger partial charge in [-0.05, 0) is 6.92 Å². The molecule has 0 bridgehead atoms. The maximum Gasteiger partial charge on any atom is 0.306 e. The van der Waals surface area contributed by atoms with E-state index in [0.29, 0.717) is 0 Å². The summed E-state index contributed by atoms with van der Waals surface area (Å²) in [6, 6.07) is 0. The molecule has 90 valence electrons. The third kappa shape index (κ3) is 6.88. The van der Waals surface area contributed by atoms with E-state index >= 15 is 0 Å². The molecule has 0 aliphatic carbocycles. The minimum Gasteiger partial charge on any atom is -0.790 e. The number of hydrogen-bond donors (Lipinski definition) is 3. The second-order valence-corrected chi connectivity index (χ2v) is 4.96. The molecule has 0 saturated carbocycles. The van der Waals surface area contributed by atoms with E-state index in [1.807, 2.05) is 0 Å². The molecule has 0 radical (unpaired) electrons. The van der Waals surface area contributed by atoms with Gasteiger partial charge >= 0.3 is 5.97 Å². The molecule has 0 aliphatic heterocycles. The fourth-order valence-electron chi connectivity index (χ4n) is 0.765. The lowest BCUT2D eigenvalue weighted by Gasteiger charge is -2.33. The zero-order valence-electron chi connectivity index (χ0n) is 7.82. The van der Waals surface area contributed by atoms with Gasteiger partial charge in [-0.15, -0.1) is 0 Å². The second-order valence-electron chi connectivity index (χ2n) is 3.19. The zero-order valence-corrected chi connectivity index (χ0v) is 9.61. The SMILES string of the molecule is C[C@](O)(CC(=O)O)C(S)COP(=O)([O-])[O-]. The standard InChI is InChI=1S/C6H13O7PS/c1-6(9,2-5(7)8)4(15)3-13-14(10,11)12/h4,9,15H,2-3H2,1H3,(H,7,8)(H2,10,11,12)/p-2/t4?,6-/m0/s1. The number of aliphatic carboxylic acids is 1. The zero-order chi connectivity index (χ0) is 12.3. The Hall–Kier alpha value is -0.110. The van der Waals surface area contributed by atoms with Gasteiger partial charge in [0.1, 0.15) is 0 Å². The Balaban J connectivity index is 4.25. The van der Waals surface area contributed by atoms with Crippen molar-refractivity contribution >= 4 is 26.4 Å². The van der Waals surface area contributed by atoms with Gasteiger partial charge in [-0.1, -0.05) is 0 Å². The molecule has 1 unspecified atom stereocenters. The Bertz CT molecular complexity index is 273. The molecule has 0 heterocycles. The van der Waals surface area contributed by atoms with Crippen molar-refractivity contribution in [3.8, 4) is 0 Å². The Labute approximate surface area is 91.7 Å². The number of rotatable bonds is 6. The van der Waals surface area contributed by atoms with Crippen molar-refractivity contribution in [1.29, 1.82) is 0 Å². The summed E-state index contributed by atoms with van der Waals surface area (Å²) in [5.41, 5.74) is -1.76. The van der Waals surface area contributed by atoms with E-state index in [9.17, 15) is 24.3 Å². The molecule has 0 rings (SSSR count). The fourth-order valence-corrected chi connectivity index (χ4v) is 1.38. The Morgan fingerprint density at radius 3 is 2.47 bits per heavy atom. The van der Waals surface area contributed by atoms with Crippen molar-refractivity contribution in [2.45, 2.75) is 24.2 Å². The normalized spacial score (nSPS) is 18.2. The number of carbonyl (C=O) groups is 1. The largest absolute Gasteiger partial charge is 0.790 e. The molecular weight excluding hydrogens is 247 g/mol. The van der Waals surface area contributed by atoms with E-state index in [2.05, 4.69) is 17.2 Å². The summed E-state index contributed by atoms with van der Waals surface area (Å²) < 4.78 is 14.0. The minimum absolute atomic E-state index is 0.632. The first-order valence-corrected chi connectivity index (χ1v) is 5.81. The van der Waals surface area contributed by atoms with E-state index in [1.165, 1.54) is 0 Å². The first-order valence-electron chi connectivity index (χ1n) is 3.83. The van der Waals surface area contributed by atoms with Gasteiger partial charge in [0.2, 0.25) is 0 Å². The predicted octanol–water partition coefficient (Wildman–Crippen LogP) is -1.64. The van der Waals surface area contributed by atoms with Crippen molar-refractivity contribution in [3.05, 3.63) is 0 Å². The Morgan fingerprint density at radius 1 is 1.67 bits per heavy atom. The van der Waals surface area contributed by atoms with Crippen molar-refractivity contribution in [3.63, 3.8) is 0 Å². The summed E-state index contributed by atoms with van der Waals surface area (Å²) >= 11 is 3.76. The maximum atomic E-state index is 10.3. The summed E-state index contributed by atoms with van der Waals surface area (Å²) in [6.07, 6.45) is -0.632. The average Bonchev–Trinajstić information content (AvgIpc) is 1.95. The lowest BCUT2D eigenvalue weighted by molar-refractivity contribution is -0.341. The molecule has 0 aromatic heterocycles. The first kappa shape index (κ1) is 14.9. The van der Waals surface area contributed by atoms with Crippen LogP contribution in [0.15, 0.2) is 0 Å². The summed E-state index contributed by atoms with van der Waals surface area (Å²) in [7, 11) is -5.13. The van der Waals surface area contributed by atoms with Crippen LogP contribution in [0.4, 0.5) is 0 Å². The molecule has 0 amide bonds. The van der Waals surface area contributed by atoms with Crippen LogP contribution in [0.2, 0.25) is 0 Å². The van der Waals surface area contributed by atoms with Crippen molar-refractivity contribution in [2.24, 2.45) is 0 Å². The van der Waals surface area contributed by atoms with Crippen molar-refractivity contribution in [2.75, 3.05) is 6.61 Å². The summed E-state index contributed by atoms with van der Waals surface area (Å²) in [5.74, 6) is -1.27. The van der Waals surface area contributed by atoms with E-state index in [-0.39, 0.29) is 0 Å². The maximum absolute atomic E-state index is 10.3. The fraction of sp³-hybridized carbons (Fsp3) is 0.833. The van der Waals surface area contributed by atoms with Gasteiger partial charge in [0.05, 0.1) is 31.7 Å². The summed E-state index contributed by atoms with van der Waals surface area (Å²) in [5, 5.41) is 16.8. The number of phosphoric ester groups is 1. The lowest BCUT2D eigenvalue weighted by atomic mass is 9.98. The molecule has 0 fully saturated rings. The van der Waals surface area contributed by atoms with Crippen LogP contribution < -0.4 is 9.79 Å². The third-order valence-electron chi connectivity index (χ3n) is 1.62. The van der Waals surface area contributed by atoms with Gasteiger partial charge in [0, 0.05) is 0 Å². The number of phosphoric acid groups is 1. The van der Waals surface area contributed by atoms with Gasteiger partial charge in [0.15, 0.2) is 0 Å². The van der Waals surface area contributed by atoms with Crippen LogP contribution in [0.3, 0.4) is 0 Å². The number of carboxylic acids is 1. The minimum atomic E-state index is -5.13. The highest BCUT2D eigenvalue weighted by atomic mass is 32.1. The molecule has 2 atom stereocenters. The number of aliphatic hydroxyl groups is 1. The molecule has 15 heavy (non-hydrogen) atoms. The van der Waals surface area contributed by atoms with Gasteiger partial charge in [-0.3, -0.25) is 4.79 Å². The van der Waals surface area contributed by atoms with Crippen molar-refractivity contribution < 1.29 is 33.9 Å². The second kappa shape index (κ2) is 5.29. The number of thiol groups is 1. The molecular formula is C6H11O7PS-2. The number of carboxylic acid groups (broad SMARTS) is 1. The van der Waals surface area contributed by atoms with Gasteiger partial charge < -0.3 is 29.1 Å². The molecule has 0 spiro atoms. The molecule has 0 aromatic rings. The van der Waals surface area contributed by atoms with Crippen LogP contribution in [0, 0.1) is 0 Å². The predicted molar refractivity (Wildman–Crippen MR) is 49.2 cm³/mol. The van der Waals surface area contributed by atoms with Crippen LogP contribution in [0.5, 0.6) is 0 Å². The highest BCUT2D eigenvalue weighted by molar-refractivity contribution is 7.81. The van der Waals surface area contributed by atoms with Crippen LogP contribution in [-0.4, -0.2) is 33.6 Å². The number of hydrogen-bond acceptors (Lipinski definition) is 7. The van der Waals surface area contributed by atoms with Crippen LogP contribution in [-0.2, 0) is 13.9 Å². The van der Waals surface area contributed by atoms with Crippen LogP contribution in [0.25, 0.3) is 0 Å². The first-order chi connectivity index (χ1) is 6.54.